The lowest BCUT2D eigenvalue weighted by atomic mass is 9.78. The fourth-order valence-electron chi connectivity index (χ4n) is 3.30. The fourth-order valence-corrected chi connectivity index (χ4v) is 3.39. The fraction of sp³-hybridized carbons (Fsp3) is 0.417. The Hall–Kier alpha value is -2.65. The Morgan fingerprint density at radius 2 is 1.42 bits per heavy atom. The number of rotatable bonds is 12. The molecular weight excluding hydrogens is 446 g/mol. The lowest BCUT2D eigenvalue weighted by molar-refractivity contribution is 0.0888. The van der Waals surface area contributed by atoms with E-state index in [1.54, 1.807) is 6.20 Å². The van der Waals surface area contributed by atoms with Crippen molar-refractivity contribution in [2.45, 2.75) is 44.6 Å². The summed E-state index contributed by atoms with van der Waals surface area (Å²) in [5.74, 6) is 1.47. The molecule has 0 saturated heterocycles. The van der Waals surface area contributed by atoms with Crippen molar-refractivity contribution in [3.8, 4) is 11.5 Å². The maximum Gasteiger partial charge on any atom is 0.119 e. The number of hydrogen-bond donors (Lipinski definition) is 3. The van der Waals surface area contributed by atoms with E-state index in [9.17, 15) is 10.2 Å². The number of ether oxygens (including phenoxy) is 2. The number of nitrogens with zero attached hydrogens (tertiary/aromatic N) is 3. The van der Waals surface area contributed by atoms with Crippen molar-refractivity contribution < 1.29 is 24.8 Å². The minimum atomic E-state index is -0.763. The van der Waals surface area contributed by atoms with Crippen molar-refractivity contribution in [1.82, 2.24) is 15.0 Å². The van der Waals surface area contributed by atoms with Crippen LogP contribution in [0.15, 0.2) is 54.7 Å². The summed E-state index contributed by atoms with van der Waals surface area (Å²) in [6.07, 6.45) is 0.133. The van der Waals surface area contributed by atoms with Gasteiger partial charge >= 0.3 is 0 Å². The van der Waals surface area contributed by atoms with E-state index in [1.807, 2.05) is 48.5 Å². The lowest BCUT2D eigenvalue weighted by Gasteiger charge is -2.26. The van der Waals surface area contributed by atoms with Crippen molar-refractivity contribution in [2.75, 3.05) is 19.1 Å². The summed E-state index contributed by atoms with van der Waals surface area (Å²) in [4.78, 5) is 0. The minimum Gasteiger partial charge on any atom is -0.491 e. The van der Waals surface area contributed by atoms with Gasteiger partial charge in [-0.1, -0.05) is 43.3 Å². The van der Waals surface area contributed by atoms with Crippen molar-refractivity contribution in [2.24, 2.45) is 0 Å². The second kappa shape index (κ2) is 11.5. The Morgan fingerprint density at radius 3 is 1.88 bits per heavy atom. The quantitative estimate of drug-likeness (QED) is 0.345. The van der Waals surface area contributed by atoms with Crippen molar-refractivity contribution in [3.05, 3.63) is 71.5 Å². The van der Waals surface area contributed by atoms with Crippen LogP contribution >= 0.6 is 11.6 Å². The minimum absolute atomic E-state index is 0.108. The predicted octanol–water partition coefficient (Wildman–Crippen LogP) is 2.51. The molecule has 0 fully saturated rings. The van der Waals surface area contributed by atoms with E-state index in [1.165, 1.54) is 4.68 Å². The number of benzene rings is 2. The van der Waals surface area contributed by atoms with Gasteiger partial charge in [0, 0.05) is 5.41 Å². The summed E-state index contributed by atoms with van der Waals surface area (Å²) in [5.41, 5.74) is 2.44. The maximum atomic E-state index is 10.2. The number of aromatic nitrogens is 3. The largest absolute Gasteiger partial charge is 0.491 e. The number of alkyl halides is 1. The molecular formula is C24H30ClN3O5. The molecule has 0 radical (unpaired) electrons. The van der Waals surface area contributed by atoms with Crippen LogP contribution in [0.25, 0.3) is 0 Å². The van der Waals surface area contributed by atoms with Gasteiger partial charge in [0.2, 0.25) is 0 Å². The Balaban J connectivity index is 1.55. The molecule has 33 heavy (non-hydrogen) atoms. The van der Waals surface area contributed by atoms with E-state index >= 15 is 0 Å². The first-order valence-corrected chi connectivity index (χ1v) is 11.2. The highest BCUT2D eigenvalue weighted by molar-refractivity contribution is 6.18. The monoisotopic (exact) mass is 475 g/mol. The molecule has 3 N–H and O–H groups in total. The molecule has 0 saturated carbocycles. The Bertz CT molecular complexity index is 992. The summed E-state index contributed by atoms with van der Waals surface area (Å²) in [6.45, 7) is 4.58. The van der Waals surface area contributed by atoms with E-state index in [-0.39, 0.29) is 37.7 Å². The lowest BCUT2D eigenvalue weighted by Crippen LogP contribution is -2.24. The molecule has 3 rings (SSSR count). The van der Waals surface area contributed by atoms with Gasteiger partial charge in [-0.25, -0.2) is 4.68 Å². The molecule has 1 aromatic heterocycles. The number of hydrogen-bond acceptors (Lipinski definition) is 7. The van der Waals surface area contributed by atoms with Crippen LogP contribution in [0.1, 0.15) is 30.7 Å². The van der Waals surface area contributed by atoms with E-state index < -0.39 is 12.2 Å². The van der Waals surface area contributed by atoms with Gasteiger partial charge < -0.3 is 24.8 Å². The predicted molar refractivity (Wildman–Crippen MR) is 125 cm³/mol. The number of aliphatic hydroxyl groups is 3. The molecule has 178 valence electrons. The first-order chi connectivity index (χ1) is 15.8. The molecule has 9 heteroatoms. The molecule has 0 aliphatic carbocycles. The average molecular weight is 476 g/mol. The van der Waals surface area contributed by atoms with Crippen LogP contribution in [0.2, 0.25) is 0 Å². The summed E-state index contributed by atoms with van der Waals surface area (Å²) in [5, 5.41) is 36.3. The van der Waals surface area contributed by atoms with Crippen LogP contribution in [0, 0.1) is 0 Å². The first-order valence-electron chi connectivity index (χ1n) is 10.7. The van der Waals surface area contributed by atoms with Crippen molar-refractivity contribution >= 4 is 11.6 Å². The normalized spacial score (nSPS) is 13.5. The van der Waals surface area contributed by atoms with Gasteiger partial charge in [0.05, 0.1) is 25.2 Å². The third-order valence-corrected chi connectivity index (χ3v) is 5.72. The molecule has 1 heterocycles. The summed E-state index contributed by atoms with van der Waals surface area (Å²) >= 11 is 5.59. The van der Waals surface area contributed by atoms with E-state index in [2.05, 4.69) is 24.2 Å². The number of aliphatic hydroxyl groups excluding tert-OH is 3. The molecule has 0 spiro atoms. The molecule has 0 aliphatic rings. The molecule has 3 aromatic rings. The maximum absolute atomic E-state index is 10.2. The summed E-state index contributed by atoms with van der Waals surface area (Å²) in [7, 11) is 0. The second-order valence-corrected chi connectivity index (χ2v) is 8.66. The van der Waals surface area contributed by atoms with Gasteiger partial charge in [0.25, 0.3) is 0 Å². The van der Waals surface area contributed by atoms with Crippen LogP contribution < -0.4 is 9.47 Å². The van der Waals surface area contributed by atoms with E-state index in [0.29, 0.717) is 17.2 Å². The van der Waals surface area contributed by atoms with Gasteiger partial charge in [0.1, 0.15) is 42.6 Å². The van der Waals surface area contributed by atoms with Crippen molar-refractivity contribution in [3.63, 3.8) is 0 Å². The zero-order chi connectivity index (χ0) is 23.8. The molecule has 2 atom stereocenters. The van der Waals surface area contributed by atoms with Crippen LogP contribution in [0.5, 0.6) is 11.5 Å². The van der Waals surface area contributed by atoms with Crippen LogP contribution in [0.3, 0.4) is 0 Å². The highest BCUT2D eigenvalue weighted by atomic mass is 35.5. The Morgan fingerprint density at radius 1 is 0.909 bits per heavy atom. The summed E-state index contributed by atoms with van der Waals surface area (Å²) < 4.78 is 12.7. The standard InChI is InChI=1S/C24H30ClN3O5/c1-24(2,17-3-7-22(8-4-17)32-15-20(30)11-25)18-5-9-23(10-6-18)33-16-21(31)13-28-12-19(14-29)26-27-28/h3-10,12,20-21,29-31H,11,13-16H2,1-2H3/t20-,21-/m1/s1. The highest BCUT2D eigenvalue weighted by Crippen LogP contribution is 2.33. The Labute approximate surface area is 198 Å². The molecule has 8 nitrogen and oxygen atoms in total. The van der Waals surface area contributed by atoms with Gasteiger partial charge in [-0.15, -0.1) is 16.7 Å². The third kappa shape index (κ3) is 6.91. The van der Waals surface area contributed by atoms with Gasteiger partial charge in [-0.3, -0.25) is 0 Å². The highest BCUT2D eigenvalue weighted by Gasteiger charge is 2.23. The second-order valence-electron chi connectivity index (χ2n) is 8.35. The average Bonchev–Trinajstić information content (AvgIpc) is 3.29. The van der Waals surface area contributed by atoms with Gasteiger partial charge in [0.15, 0.2) is 0 Å². The number of halogens is 1. The topological polar surface area (TPSA) is 110 Å². The molecule has 0 amide bonds. The zero-order valence-electron chi connectivity index (χ0n) is 18.8. The van der Waals surface area contributed by atoms with Crippen LogP contribution in [0.4, 0.5) is 0 Å². The van der Waals surface area contributed by atoms with Gasteiger partial charge in [-0.2, -0.15) is 0 Å². The molecule has 0 aliphatic heterocycles. The third-order valence-electron chi connectivity index (χ3n) is 5.36. The first kappa shape index (κ1) is 25.0. The molecule has 0 unspecified atom stereocenters. The van der Waals surface area contributed by atoms with Crippen LogP contribution in [-0.4, -0.2) is 61.6 Å². The molecule has 2 aromatic carbocycles. The SMILES string of the molecule is CC(C)(c1ccc(OC[C@H](O)CCl)cc1)c1ccc(OC[C@H](O)Cn2cc(CO)nn2)cc1. The van der Waals surface area contributed by atoms with Crippen molar-refractivity contribution in [1.29, 1.82) is 0 Å². The Kier molecular flexibility index (Phi) is 8.68. The zero-order valence-corrected chi connectivity index (χ0v) is 19.5. The molecule has 0 bridgehead atoms. The summed E-state index contributed by atoms with van der Waals surface area (Å²) in [6, 6.07) is 15.6. The van der Waals surface area contributed by atoms with Gasteiger partial charge in [-0.05, 0) is 35.4 Å². The van der Waals surface area contributed by atoms with E-state index in [4.69, 9.17) is 26.2 Å². The van der Waals surface area contributed by atoms with E-state index in [0.717, 1.165) is 11.1 Å². The van der Waals surface area contributed by atoms with Crippen LogP contribution in [-0.2, 0) is 18.6 Å². The smallest absolute Gasteiger partial charge is 0.119 e.